The van der Waals surface area contributed by atoms with Crippen molar-refractivity contribution < 1.29 is 17.9 Å². The first-order valence-corrected chi connectivity index (χ1v) is 7.98. The highest BCUT2D eigenvalue weighted by Gasteiger charge is 2.25. The Labute approximate surface area is 119 Å². The van der Waals surface area contributed by atoms with Gasteiger partial charge in [-0.15, -0.1) is 0 Å². The predicted octanol–water partition coefficient (Wildman–Crippen LogP) is 0.541. The first kappa shape index (κ1) is 15.4. The molecule has 0 amide bonds. The van der Waals surface area contributed by atoms with E-state index in [4.69, 9.17) is 9.47 Å². The molecule has 1 saturated heterocycles. The number of nitrogens with one attached hydrogen (secondary N) is 1. The monoisotopic (exact) mass is 300 g/mol. The lowest BCUT2D eigenvalue weighted by Gasteiger charge is -2.27. The van der Waals surface area contributed by atoms with Crippen LogP contribution >= 0.6 is 0 Å². The molecule has 112 valence electrons. The Balaban J connectivity index is 1.95. The molecule has 0 unspecified atom stereocenters. The van der Waals surface area contributed by atoms with Crippen molar-refractivity contribution in [2.45, 2.75) is 6.10 Å². The Bertz CT molecular complexity index is 500. The highest BCUT2D eigenvalue weighted by Crippen LogP contribution is 2.15. The van der Waals surface area contributed by atoms with Crippen molar-refractivity contribution in [1.82, 2.24) is 9.03 Å². The first-order valence-electron chi connectivity index (χ1n) is 6.53. The molecule has 1 fully saturated rings. The molecule has 1 aliphatic rings. The van der Waals surface area contributed by atoms with E-state index in [1.165, 1.54) is 4.31 Å². The van der Waals surface area contributed by atoms with Gasteiger partial charge in [-0.25, -0.2) is 0 Å². The summed E-state index contributed by atoms with van der Waals surface area (Å²) >= 11 is 0. The molecule has 1 N–H and O–H groups in total. The summed E-state index contributed by atoms with van der Waals surface area (Å²) in [6.07, 6.45) is -0.299. The standard InChI is InChI=1S/C13H20N2O4S/c1-18-13(12-5-3-2-4-6-12)11-14-20(16,17)15-7-9-19-10-8-15/h2-6,13-14H,7-11H2,1H3/t13-/m1/s1. The molecule has 1 aromatic rings. The fourth-order valence-corrected chi connectivity index (χ4v) is 3.24. The SMILES string of the molecule is CO[C@H](CNS(=O)(=O)N1CCOCC1)c1ccccc1. The van der Waals surface area contributed by atoms with Crippen molar-refractivity contribution in [3.05, 3.63) is 35.9 Å². The molecule has 0 saturated carbocycles. The minimum atomic E-state index is -3.47. The van der Waals surface area contributed by atoms with Gasteiger partial charge in [-0.2, -0.15) is 17.4 Å². The van der Waals surface area contributed by atoms with E-state index in [0.29, 0.717) is 26.3 Å². The van der Waals surface area contributed by atoms with Gasteiger partial charge < -0.3 is 9.47 Å². The molecule has 20 heavy (non-hydrogen) atoms. The van der Waals surface area contributed by atoms with E-state index in [1.54, 1.807) is 7.11 Å². The number of hydrogen-bond acceptors (Lipinski definition) is 4. The molecule has 0 bridgehead atoms. The molecule has 6 nitrogen and oxygen atoms in total. The Morgan fingerprint density at radius 2 is 1.95 bits per heavy atom. The second-order valence-corrected chi connectivity index (χ2v) is 6.26. The molecule has 0 aliphatic carbocycles. The molecule has 0 aromatic heterocycles. The average molecular weight is 300 g/mol. The Morgan fingerprint density at radius 3 is 2.55 bits per heavy atom. The molecule has 0 spiro atoms. The number of benzene rings is 1. The number of methoxy groups -OCH3 is 1. The summed E-state index contributed by atoms with van der Waals surface area (Å²) in [7, 11) is -1.90. The fourth-order valence-electron chi connectivity index (χ4n) is 2.06. The van der Waals surface area contributed by atoms with Crippen molar-refractivity contribution in [1.29, 1.82) is 0 Å². The third-order valence-corrected chi connectivity index (χ3v) is 4.79. The number of ether oxygens (including phenoxy) is 2. The van der Waals surface area contributed by atoms with E-state index in [2.05, 4.69) is 4.72 Å². The second kappa shape index (κ2) is 7.14. The summed E-state index contributed by atoms with van der Waals surface area (Å²) in [5.74, 6) is 0. The molecule has 1 heterocycles. The Hall–Kier alpha value is -0.990. The summed E-state index contributed by atoms with van der Waals surface area (Å²) in [4.78, 5) is 0. The predicted molar refractivity (Wildman–Crippen MR) is 75.5 cm³/mol. The van der Waals surface area contributed by atoms with Gasteiger partial charge in [0.2, 0.25) is 0 Å². The number of nitrogens with zero attached hydrogens (tertiary/aromatic N) is 1. The largest absolute Gasteiger partial charge is 0.379 e. The minimum Gasteiger partial charge on any atom is -0.379 e. The van der Waals surface area contributed by atoms with Crippen molar-refractivity contribution in [2.75, 3.05) is 40.0 Å². The molecular formula is C13H20N2O4S. The summed E-state index contributed by atoms with van der Waals surface area (Å²) in [5, 5.41) is 0. The minimum absolute atomic E-state index is 0.209. The van der Waals surface area contributed by atoms with Gasteiger partial charge in [0.1, 0.15) is 0 Å². The fraction of sp³-hybridized carbons (Fsp3) is 0.538. The van der Waals surface area contributed by atoms with Crippen LogP contribution in [0.5, 0.6) is 0 Å². The summed E-state index contributed by atoms with van der Waals surface area (Å²) < 4.78 is 38.8. The molecule has 7 heteroatoms. The van der Waals surface area contributed by atoms with Gasteiger partial charge in [-0.05, 0) is 5.56 Å². The third-order valence-electron chi connectivity index (χ3n) is 3.22. The highest BCUT2D eigenvalue weighted by molar-refractivity contribution is 7.87. The van der Waals surface area contributed by atoms with Crippen molar-refractivity contribution >= 4 is 10.2 Å². The maximum absolute atomic E-state index is 12.1. The van der Waals surface area contributed by atoms with Crippen LogP contribution in [0.4, 0.5) is 0 Å². The van der Waals surface area contributed by atoms with E-state index < -0.39 is 10.2 Å². The normalized spacial score (nSPS) is 18.9. The zero-order valence-corrected chi connectivity index (χ0v) is 12.3. The number of hydrogen-bond donors (Lipinski definition) is 1. The molecule has 1 atom stereocenters. The van der Waals surface area contributed by atoms with Crippen LogP contribution in [-0.2, 0) is 19.7 Å². The maximum Gasteiger partial charge on any atom is 0.279 e. The summed E-state index contributed by atoms with van der Waals surface area (Å²) in [5.41, 5.74) is 0.944. The van der Waals surface area contributed by atoms with Gasteiger partial charge in [0.15, 0.2) is 0 Å². The quantitative estimate of drug-likeness (QED) is 0.832. The summed E-state index contributed by atoms with van der Waals surface area (Å²) in [6, 6.07) is 9.54. The van der Waals surface area contributed by atoms with Gasteiger partial charge in [0.05, 0.1) is 19.3 Å². The zero-order chi connectivity index (χ0) is 14.4. The smallest absolute Gasteiger partial charge is 0.279 e. The van der Waals surface area contributed by atoms with Crippen molar-refractivity contribution in [3.8, 4) is 0 Å². The van der Waals surface area contributed by atoms with E-state index in [9.17, 15) is 8.42 Å². The lowest BCUT2D eigenvalue weighted by molar-refractivity contribution is 0.0715. The molecule has 0 radical (unpaired) electrons. The Morgan fingerprint density at radius 1 is 1.30 bits per heavy atom. The second-order valence-electron chi connectivity index (χ2n) is 4.50. The lowest BCUT2D eigenvalue weighted by Crippen LogP contribution is -2.47. The Kier molecular flexibility index (Phi) is 5.50. The van der Waals surface area contributed by atoms with E-state index >= 15 is 0 Å². The van der Waals surface area contributed by atoms with E-state index in [1.807, 2.05) is 30.3 Å². The van der Waals surface area contributed by atoms with Crippen LogP contribution in [-0.4, -0.2) is 52.7 Å². The molecule has 1 aromatic carbocycles. The third kappa shape index (κ3) is 4.00. The topological polar surface area (TPSA) is 67.9 Å². The van der Waals surface area contributed by atoms with Crippen molar-refractivity contribution in [3.63, 3.8) is 0 Å². The van der Waals surface area contributed by atoms with Crippen LogP contribution in [0, 0.1) is 0 Å². The van der Waals surface area contributed by atoms with Crippen LogP contribution in [0.1, 0.15) is 11.7 Å². The van der Waals surface area contributed by atoms with Crippen molar-refractivity contribution in [2.24, 2.45) is 0 Å². The van der Waals surface area contributed by atoms with Gasteiger partial charge in [0, 0.05) is 26.7 Å². The number of morpholine rings is 1. The number of rotatable bonds is 6. The first-order chi connectivity index (χ1) is 9.63. The van der Waals surface area contributed by atoms with Gasteiger partial charge in [-0.1, -0.05) is 30.3 Å². The van der Waals surface area contributed by atoms with E-state index in [0.717, 1.165) is 5.56 Å². The maximum atomic E-state index is 12.1. The average Bonchev–Trinajstić information content (AvgIpc) is 2.50. The lowest BCUT2D eigenvalue weighted by atomic mass is 10.1. The van der Waals surface area contributed by atoms with Gasteiger partial charge >= 0.3 is 0 Å². The van der Waals surface area contributed by atoms with E-state index in [-0.39, 0.29) is 12.6 Å². The van der Waals surface area contributed by atoms with Crippen LogP contribution in [0.3, 0.4) is 0 Å². The zero-order valence-electron chi connectivity index (χ0n) is 11.5. The molecule has 2 rings (SSSR count). The molecule has 1 aliphatic heterocycles. The van der Waals surface area contributed by atoms with Crippen LogP contribution < -0.4 is 4.72 Å². The van der Waals surface area contributed by atoms with Gasteiger partial charge in [-0.3, -0.25) is 0 Å². The molecular weight excluding hydrogens is 280 g/mol. The van der Waals surface area contributed by atoms with Crippen LogP contribution in [0.15, 0.2) is 30.3 Å². The van der Waals surface area contributed by atoms with Gasteiger partial charge in [0.25, 0.3) is 10.2 Å². The summed E-state index contributed by atoms with van der Waals surface area (Å²) in [6.45, 7) is 1.86. The highest BCUT2D eigenvalue weighted by atomic mass is 32.2. The van der Waals surface area contributed by atoms with Crippen LogP contribution in [0.2, 0.25) is 0 Å². The van der Waals surface area contributed by atoms with Crippen LogP contribution in [0.25, 0.3) is 0 Å².